The largest absolute Gasteiger partial charge is 0.384 e. The van der Waals surface area contributed by atoms with Crippen molar-refractivity contribution in [3.63, 3.8) is 0 Å². The van der Waals surface area contributed by atoms with Crippen molar-refractivity contribution in [1.29, 1.82) is 0 Å². The van der Waals surface area contributed by atoms with Gasteiger partial charge in [0.05, 0.1) is 6.20 Å². The third kappa shape index (κ3) is 2.07. The Morgan fingerprint density at radius 1 is 1.16 bits per heavy atom. The van der Waals surface area contributed by atoms with Crippen molar-refractivity contribution in [2.24, 2.45) is 23.2 Å². The van der Waals surface area contributed by atoms with Gasteiger partial charge in [0, 0.05) is 6.54 Å². The smallest absolute Gasteiger partial charge is 0.121 e. The number of aromatic nitrogens is 2. The zero-order chi connectivity index (χ0) is 12.9. The van der Waals surface area contributed by atoms with E-state index in [4.69, 9.17) is 5.73 Å². The number of aryl methyl sites for hydroxylation is 1. The number of nitrogens with zero attached hydrogens (tertiary/aromatic N) is 2. The molecule has 3 nitrogen and oxygen atoms in total. The molecule has 4 bridgehead atoms. The Balaban J connectivity index is 1.39. The van der Waals surface area contributed by atoms with Gasteiger partial charge in [0.15, 0.2) is 0 Å². The van der Waals surface area contributed by atoms with Crippen molar-refractivity contribution < 1.29 is 0 Å². The summed E-state index contributed by atoms with van der Waals surface area (Å²) in [7, 11) is 0. The van der Waals surface area contributed by atoms with Gasteiger partial charge in [-0.15, -0.1) is 0 Å². The van der Waals surface area contributed by atoms with Gasteiger partial charge in [0.2, 0.25) is 0 Å². The maximum atomic E-state index is 5.89. The molecule has 4 fully saturated rings. The van der Waals surface area contributed by atoms with Crippen LogP contribution >= 0.6 is 0 Å². The van der Waals surface area contributed by atoms with E-state index in [0.29, 0.717) is 5.41 Å². The van der Waals surface area contributed by atoms with Gasteiger partial charge in [-0.2, -0.15) is 5.10 Å². The number of rotatable bonds is 4. The maximum absolute atomic E-state index is 5.89. The lowest BCUT2D eigenvalue weighted by Gasteiger charge is -2.57. The Hall–Kier alpha value is -0.990. The van der Waals surface area contributed by atoms with Crippen LogP contribution in [0, 0.1) is 23.2 Å². The predicted molar refractivity (Wildman–Crippen MR) is 76.5 cm³/mol. The molecule has 0 spiro atoms. The van der Waals surface area contributed by atoms with Crippen molar-refractivity contribution in [3.05, 3.63) is 12.3 Å². The van der Waals surface area contributed by atoms with E-state index >= 15 is 0 Å². The van der Waals surface area contributed by atoms with Gasteiger partial charge in [-0.1, -0.05) is 0 Å². The van der Waals surface area contributed by atoms with E-state index in [0.717, 1.165) is 30.1 Å². The first-order valence-corrected chi connectivity index (χ1v) is 8.00. The van der Waals surface area contributed by atoms with Crippen LogP contribution in [0.25, 0.3) is 0 Å². The molecular formula is C16H25N3. The highest BCUT2D eigenvalue weighted by atomic mass is 15.3. The van der Waals surface area contributed by atoms with E-state index in [1.807, 2.05) is 10.7 Å². The van der Waals surface area contributed by atoms with Crippen molar-refractivity contribution >= 4 is 5.82 Å². The van der Waals surface area contributed by atoms with E-state index in [2.05, 4.69) is 5.10 Å². The van der Waals surface area contributed by atoms with Gasteiger partial charge in [-0.05, 0) is 80.6 Å². The van der Waals surface area contributed by atoms with Crippen LogP contribution in [0.1, 0.15) is 51.4 Å². The molecule has 4 aliphatic rings. The monoisotopic (exact) mass is 259 g/mol. The molecule has 3 heteroatoms. The highest BCUT2D eigenvalue weighted by Crippen LogP contribution is 2.61. The minimum absolute atomic E-state index is 0.705. The summed E-state index contributed by atoms with van der Waals surface area (Å²) in [4.78, 5) is 0. The van der Waals surface area contributed by atoms with Crippen LogP contribution in [-0.2, 0) is 6.54 Å². The summed E-state index contributed by atoms with van der Waals surface area (Å²) in [5.74, 6) is 4.02. The van der Waals surface area contributed by atoms with Gasteiger partial charge in [0.1, 0.15) is 5.82 Å². The van der Waals surface area contributed by atoms with Crippen molar-refractivity contribution in [3.8, 4) is 0 Å². The highest BCUT2D eigenvalue weighted by molar-refractivity contribution is 5.25. The molecule has 1 aromatic rings. The lowest BCUT2D eigenvalue weighted by Crippen LogP contribution is -2.46. The van der Waals surface area contributed by atoms with Gasteiger partial charge in [-0.3, -0.25) is 4.68 Å². The van der Waals surface area contributed by atoms with Crippen LogP contribution < -0.4 is 5.73 Å². The first-order chi connectivity index (χ1) is 9.22. The maximum Gasteiger partial charge on any atom is 0.121 e. The zero-order valence-electron chi connectivity index (χ0n) is 11.7. The summed E-state index contributed by atoms with van der Waals surface area (Å²) in [5.41, 5.74) is 6.59. The van der Waals surface area contributed by atoms with Crippen molar-refractivity contribution in [1.82, 2.24) is 9.78 Å². The van der Waals surface area contributed by atoms with Gasteiger partial charge in [-0.25, -0.2) is 0 Å². The normalized spacial score (nSPS) is 39.9. The summed E-state index contributed by atoms with van der Waals surface area (Å²) in [6.45, 7) is 1.00. The molecule has 0 unspecified atom stereocenters. The molecule has 0 aliphatic heterocycles. The molecule has 0 saturated heterocycles. The minimum Gasteiger partial charge on any atom is -0.384 e. The Labute approximate surface area is 115 Å². The molecule has 5 rings (SSSR count). The average molecular weight is 259 g/mol. The van der Waals surface area contributed by atoms with E-state index < -0.39 is 0 Å². The van der Waals surface area contributed by atoms with E-state index in [1.54, 1.807) is 25.5 Å². The van der Waals surface area contributed by atoms with Crippen molar-refractivity contribution in [2.75, 3.05) is 5.73 Å². The molecule has 1 aromatic heterocycles. The second-order valence-corrected chi connectivity index (χ2v) is 7.50. The summed E-state index contributed by atoms with van der Waals surface area (Å²) >= 11 is 0. The van der Waals surface area contributed by atoms with Crippen LogP contribution in [-0.4, -0.2) is 9.78 Å². The molecule has 0 atom stereocenters. The lowest BCUT2D eigenvalue weighted by molar-refractivity contribution is -0.0586. The quantitative estimate of drug-likeness (QED) is 0.900. The van der Waals surface area contributed by atoms with Gasteiger partial charge in [0.25, 0.3) is 0 Å². The third-order valence-corrected chi connectivity index (χ3v) is 5.99. The molecule has 4 aliphatic carbocycles. The van der Waals surface area contributed by atoms with Gasteiger partial charge < -0.3 is 5.73 Å². The first kappa shape index (κ1) is 11.8. The second kappa shape index (κ2) is 4.26. The van der Waals surface area contributed by atoms with Crippen LogP contribution in [0.2, 0.25) is 0 Å². The Bertz CT molecular complexity index is 427. The first-order valence-electron chi connectivity index (χ1n) is 8.00. The number of nitrogen functional groups attached to an aromatic ring is 1. The molecule has 0 radical (unpaired) electrons. The Kier molecular flexibility index (Phi) is 2.64. The molecule has 104 valence electrons. The van der Waals surface area contributed by atoms with E-state index in [1.165, 1.54) is 32.1 Å². The fourth-order valence-corrected chi connectivity index (χ4v) is 5.73. The SMILES string of the molecule is Nc1ccnn1CCCC12CC3CC(CC(C3)C1)C2. The second-order valence-electron chi connectivity index (χ2n) is 7.50. The summed E-state index contributed by atoms with van der Waals surface area (Å²) in [6.07, 6.45) is 13.7. The predicted octanol–water partition coefficient (Wildman–Crippen LogP) is 3.46. The number of nitrogens with two attached hydrogens (primary N) is 1. The summed E-state index contributed by atoms with van der Waals surface area (Å²) in [6, 6.07) is 1.89. The molecule has 19 heavy (non-hydrogen) atoms. The topological polar surface area (TPSA) is 43.8 Å². The number of anilines is 1. The molecule has 1 heterocycles. The minimum atomic E-state index is 0.705. The average Bonchev–Trinajstić information content (AvgIpc) is 2.73. The fraction of sp³-hybridized carbons (Fsp3) is 0.812. The van der Waals surface area contributed by atoms with Crippen LogP contribution in [0.15, 0.2) is 12.3 Å². The summed E-state index contributed by atoms with van der Waals surface area (Å²) < 4.78 is 1.96. The molecular weight excluding hydrogens is 234 g/mol. The molecule has 2 N–H and O–H groups in total. The summed E-state index contributed by atoms with van der Waals surface area (Å²) in [5, 5.41) is 4.29. The number of hydrogen-bond acceptors (Lipinski definition) is 2. The third-order valence-electron chi connectivity index (χ3n) is 5.99. The van der Waals surface area contributed by atoms with E-state index in [9.17, 15) is 0 Å². The molecule has 0 amide bonds. The standard InChI is InChI=1S/C16H25N3/c17-15-2-4-18-19(15)5-1-3-16-9-12-6-13(10-16)8-14(7-12)11-16/h2,4,12-14H,1,3,5-11,17H2. The van der Waals surface area contributed by atoms with E-state index in [-0.39, 0.29) is 0 Å². The van der Waals surface area contributed by atoms with Crippen LogP contribution in [0.4, 0.5) is 5.82 Å². The Morgan fingerprint density at radius 2 is 1.79 bits per heavy atom. The Morgan fingerprint density at radius 3 is 2.32 bits per heavy atom. The lowest BCUT2D eigenvalue weighted by atomic mass is 9.48. The van der Waals surface area contributed by atoms with Crippen LogP contribution in [0.5, 0.6) is 0 Å². The van der Waals surface area contributed by atoms with Gasteiger partial charge >= 0.3 is 0 Å². The fourth-order valence-electron chi connectivity index (χ4n) is 5.73. The highest BCUT2D eigenvalue weighted by Gasteiger charge is 2.50. The molecule has 0 aromatic carbocycles. The zero-order valence-corrected chi connectivity index (χ0v) is 11.7. The van der Waals surface area contributed by atoms with Crippen molar-refractivity contribution in [2.45, 2.75) is 57.9 Å². The van der Waals surface area contributed by atoms with Crippen LogP contribution in [0.3, 0.4) is 0 Å². The number of hydrogen-bond donors (Lipinski definition) is 1. The molecule has 4 saturated carbocycles.